The number of hydrogen-bond acceptors (Lipinski definition) is 4. The number of H-pyrrole nitrogens is 2. The molecule has 3 aromatic rings. The highest BCUT2D eigenvalue weighted by Crippen LogP contribution is 2.32. The molecule has 1 unspecified atom stereocenters. The van der Waals surface area contributed by atoms with Crippen molar-refractivity contribution in [1.29, 1.82) is 0 Å². The zero-order valence-electron chi connectivity index (χ0n) is 17.7. The molecule has 162 valence electrons. The van der Waals surface area contributed by atoms with Crippen LogP contribution in [0.1, 0.15) is 23.7 Å². The van der Waals surface area contributed by atoms with Crippen molar-refractivity contribution in [2.75, 3.05) is 5.01 Å². The second kappa shape index (κ2) is 8.52. The number of aryl methyl sites for hydroxylation is 1. The van der Waals surface area contributed by atoms with Gasteiger partial charge in [0.2, 0.25) is 5.91 Å². The number of hydrazine groups is 1. The first-order chi connectivity index (χ1) is 15.4. The van der Waals surface area contributed by atoms with E-state index in [0.717, 1.165) is 0 Å². The zero-order valence-corrected chi connectivity index (χ0v) is 17.7. The molecule has 1 fully saturated rings. The third-order valence-corrected chi connectivity index (χ3v) is 5.21. The molecule has 0 saturated carbocycles. The van der Waals surface area contributed by atoms with Gasteiger partial charge in [-0.2, -0.15) is 5.43 Å². The lowest BCUT2D eigenvalue weighted by molar-refractivity contribution is -0.118. The third-order valence-electron chi connectivity index (χ3n) is 5.21. The number of rotatable bonds is 5. The van der Waals surface area contributed by atoms with Gasteiger partial charge in [-0.15, -0.1) is 0 Å². The Labute approximate surface area is 184 Å². The Bertz CT molecular complexity index is 1270. The molecule has 4 N–H and O–H groups in total. The molecule has 0 aliphatic carbocycles. The maximum atomic E-state index is 13.7. The highest BCUT2D eigenvalue weighted by molar-refractivity contribution is 6.15. The summed E-state index contributed by atoms with van der Waals surface area (Å²) in [4.78, 5) is 38.9. The predicted octanol–water partition coefficient (Wildman–Crippen LogP) is 2.38. The lowest BCUT2D eigenvalue weighted by Crippen LogP contribution is -2.47. The number of amides is 2. The zero-order chi connectivity index (χ0) is 22.8. The van der Waals surface area contributed by atoms with Gasteiger partial charge in [-0.05, 0) is 31.5 Å². The van der Waals surface area contributed by atoms with Gasteiger partial charge in [-0.1, -0.05) is 55.1 Å². The number of anilines is 1. The van der Waals surface area contributed by atoms with Crippen molar-refractivity contribution < 1.29 is 9.59 Å². The van der Waals surface area contributed by atoms with Crippen LogP contribution in [-0.4, -0.2) is 28.2 Å². The summed E-state index contributed by atoms with van der Waals surface area (Å²) in [5.41, 5.74) is 5.91. The van der Waals surface area contributed by atoms with Gasteiger partial charge in [-0.25, -0.2) is 5.01 Å². The number of para-hydroxylation sites is 1. The van der Waals surface area contributed by atoms with Gasteiger partial charge in [0.1, 0.15) is 6.17 Å². The summed E-state index contributed by atoms with van der Waals surface area (Å²) in [6.45, 7) is 7.02. The number of nitrogens with zero attached hydrogens (tertiary/aromatic N) is 1. The van der Waals surface area contributed by atoms with Gasteiger partial charge < -0.3 is 10.4 Å². The van der Waals surface area contributed by atoms with E-state index in [0.29, 0.717) is 33.7 Å². The summed E-state index contributed by atoms with van der Waals surface area (Å²) in [5, 5.41) is 9.59. The molecule has 2 aromatic carbocycles. The summed E-state index contributed by atoms with van der Waals surface area (Å²) in [7, 11) is 0. The Balaban J connectivity index is 1.98. The van der Waals surface area contributed by atoms with Crippen LogP contribution in [0.2, 0.25) is 0 Å². The Morgan fingerprint density at radius 2 is 1.62 bits per heavy atom. The first kappa shape index (κ1) is 21.1. The van der Waals surface area contributed by atoms with Gasteiger partial charge in [0.05, 0.1) is 16.8 Å². The summed E-state index contributed by atoms with van der Waals surface area (Å²) < 4.78 is 0. The molecule has 1 aromatic heterocycles. The second-order valence-electron chi connectivity index (χ2n) is 7.53. The molecule has 0 bridgehead atoms. The fourth-order valence-corrected chi connectivity index (χ4v) is 3.66. The predicted molar refractivity (Wildman–Crippen MR) is 122 cm³/mol. The van der Waals surface area contributed by atoms with E-state index >= 15 is 0 Å². The lowest BCUT2D eigenvalue weighted by atomic mass is 9.91. The van der Waals surface area contributed by atoms with E-state index in [-0.39, 0.29) is 17.0 Å². The third kappa shape index (κ3) is 3.79. The van der Waals surface area contributed by atoms with Crippen molar-refractivity contribution in [2.45, 2.75) is 20.0 Å². The largest absolute Gasteiger partial charge is 0.331 e. The Hall–Kier alpha value is -4.17. The molecule has 8 nitrogen and oxygen atoms in total. The van der Waals surface area contributed by atoms with Crippen molar-refractivity contribution in [2.24, 2.45) is 0 Å². The Morgan fingerprint density at radius 3 is 2.19 bits per heavy atom. The molecule has 2 amide bonds. The van der Waals surface area contributed by atoms with E-state index in [2.05, 4.69) is 27.5 Å². The molecule has 1 aliphatic heterocycles. The molecular weight excluding hydrogens is 406 g/mol. The first-order valence-electron chi connectivity index (χ1n) is 10.1. The minimum atomic E-state index is -0.879. The average molecular weight is 429 g/mol. The highest BCUT2D eigenvalue weighted by atomic mass is 16.2. The van der Waals surface area contributed by atoms with Crippen LogP contribution in [0.4, 0.5) is 5.69 Å². The van der Waals surface area contributed by atoms with Gasteiger partial charge >= 0.3 is 0 Å². The van der Waals surface area contributed by atoms with E-state index in [1.54, 1.807) is 26.0 Å². The van der Waals surface area contributed by atoms with Crippen LogP contribution in [0.3, 0.4) is 0 Å². The van der Waals surface area contributed by atoms with E-state index in [4.69, 9.17) is 0 Å². The fraction of sp³-hybridized carbons (Fsp3) is 0.125. The maximum Gasteiger partial charge on any atom is 0.272 e. The van der Waals surface area contributed by atoms with Crippen molar-refractivity contribution in [3.63, 3.8) is 0 Å². The molecule has 2 heterocycles. The number of carbonyl (C=O) groups excluding carboxylic acids is 2. The van der Waals surface area contributed by atoms with E-state index in [1.165, 1.54) is 5.01 Å². The van der Waals surface area contributed by atoms with E-state index < -0.39 is 12.1 Å². The van der Waals surface area contributed by atoms with Crippen molar-refractivity contribution in [3.05, 3.63) is 106 Å². The minimum Gasteiger partial charge on any atom is -0.331 e. The number of hydrogen-bond donors (Lipinski definition) is 4. The Morgan fingerprint density at radius 1 is 1.00 bits per heavy atom. The summed E-state index contributed by atoms with van der Waals surface area (Å²) in [5.74, 6) is -0.781. The monoisotopic (exact) mass is 429 g/mol. The molecule has 4 rings (SSSR count). The number of carbonyl (C=O) groups is 2. The van der Waals surface area contributed by atoms with Crippen LogP contribution in [0.15, 0.2) is 83.2 Å². The van der Waals surface area contributed by atoms with Gasteiger partial charge in [-0.3, -0.25) is 19.5 Å². The van der Waals surface area contributed by atoms with Gasteiger partial charge in [0.25, 0.3) is 11.5 Å². The molecule has 32 heavy (non-hydrogen) atoms. The normalized spacial score (nSPS) is 17.4. The van der Waals surface area contributed by atoms with E-state index in [9.17, 15) is 14.4 Å². The molecule has 0 spiro atoms. The Kier molecular flexibility index (Phi) is 5.61. The van der Waals surface area contributed by atoms with E-state index in [1.807, 2.05) is 48.5 Å². The minimum absolute atomic E-state index is 0.253. The number of benzene rings is 2. The highest BCUT2D eigenvalue weighted by Gasteiger charge is 2.40. The molecular formula is C24H23N5O3. The van der Waals surface area contributed by atoms with Crippen molar-refractivity contribution in [3.8, 4) is 0 Å². The number of aromatic amines is 2. The maximum absolute atomic E-state index is 13.7. The topological polar surface area (TPSA) is 110 Å². The number of aromatic nitrogens is 2. The molecule has 0 radical (unpaired) electrons. The second-order valence-corrected chi connectivity index (χ2v) is 7.53. The lowest BCUT2D eigenvalue weighted by Gasteiger charge is -2.18. The van der Waals surface area contributed by atoms with Crippen LogP contribution in [0.5, 0.6) is 0 Å². The van der Waals surface area contributed by atoms with Crippen LogP contribution in [-0.2, 0) is 9.59 Å². The van der Waals surface area contributed by atoms with Crippen LogP contribution >= 0.6 is 0 Å². The average Bonchev–Trinajstić information content (AvgIpc) is 3.29. The van der Waals surface area contributed by atoms with Gasteiger partial charge in [0, 0.05) is 16.8 Å². The summed E-state index contributed by atoms with van der Waals surface area (Å²) >= 11 is 0. The standard InChI is InChI=1S/C24H23N5O3/c1-14(2)22(30)25-21-20(24(32)29(28-21)17-12-8-5-9-13-17)19(16-10-6-4-7-11-16)18-15(3)26-27-23(18)31/h4-13,21,28H,1H2,2-3H3,(H,25,30)(H2,26,27,31). The molecule has 1 atom stereocenters. The number of nitrogens with one attached hydrogen (secondary N) is 4. The summed E-state index contributed by atoms with van der Waals surface area (Å²) in [6.07, 6.45) is -0.879. The van der Waals surface area contributed by atoms with Crippen molar-refractivity contribution >= 4 is 23.1 Å². The van der Waals surface area contributed by atoms with Crippen molar-refractivity contribution in [1.82, 2.24) is 20.9 Å². The summed E-state index contributed by atoms with van der Waals surface area (Å²) in [6, 6.07) is 18.2. The van der Waals surface area contributed by atoms with Crippen LogP contribution < -0.4 is 21.3 Å². The molecule has 1 aliphatic rings. The molecule has 8 heteroatoms. The fourth-order valence-electron chi connectivity index (χ4n) is 3.66. The molecule has 1 saturated heterocycles. The first-order valence-corrected chi connectivity index (χ1v) is 10.1. The SMILES string of the molecule is C=C(C)C(=O)NC1NN(c2ccccc2)C(=O)C1=C(c1ccccc1)c1c(C)[nH][nH]c1=O. The smallest absolute Gasteiger partial charge is 0.272 e. The van der Waals surface area contributed by atoms with Crippen LogP contribution in [0.25, 0.3) is 5.57 Å². The van der Waals surface area contributed by atoms with Gasteiger partial charge in [0.15, 0.2) is 0 Å². The van der Waals surface area contributed by atoms with Crippen LogP contribution in [0, 0.1) is 6.92 Å². The quantitative estimate of drug-likeness (QED) is 0.467.